The highest BCUT2D eigenvalue weighted by molar-refractivity contribution is 9.11. The van der Waals surface area contributed by atoms with Gasteiger partial charge in [0.15, 0.2) is 0 Å². The summed E-state index contributed by atoms with van der Waals surface area (Å²) >= 11 is 7.71. The van der Waals surface area contributed by atoms with E-state index >= 15 is 0 Å². The van der Waals surface area contributed by atoms with Crippen LogP contribution in [0.25, 0.3) is 6.08 Å². The third kappa shape index (κ3) is 6.25. The molecule has 1 aliphatic heterocycles. The van der Waals surface area contributed by atoms with Crippen molar-refractivity contribution >= 4 is 66.8 Å². The lowest BCUT2D eigenvalue weighted by atomic mass is 10.1. The molecule has 0 bridgehead atoms. The summed E-state index contributed by atoms with van der Waals surface area (Å²) in [6.07, 6.45) is 1.24. The molecule has 10 heteroatoms. The maximum absolute atomic E-state index is 12.6. The summed E-state index contributed by atoms with van der Waals surface area (Å²) in [5.74, 6) is -0.658. The molecule has 2 aromatic carbocycles. The molecule has 2 amide bonds. The van der Waals surface area contributed by atoms with Gasteiger partial charge in [-0.15, -0.1) is 0 Å². The maximum atomic E-state index is 12.6. The minimum absolute atomic E-state index is 0.200. The summed E-state index contributed by atoms with van der Waals surface area (Å²) in [6, 6.07) is 12.8. The van der Waals surface area contributed by atoms with E-state index in [1.54, 1.807) is 44.2 Å². The largest absolute Gasteiger partial charge is 0.486 e. The Hall–Kier alpha value is -2.61. The third-order valence-electron chi connectivity index (χ3n) is 4.36. The number of carbonyl (C=O) groups excluding carboxylic acids is 3. The van der Waals surface area contributed by atoms with Crippen LogP contribution >= 0.6 is 43.6 Å². The molecule has 1 aliphatic rings. The van der Waals surface area contributed by atoms with E-state index in [0.29, 0.717) is 25.8 Å². The van der Waals surface area contributed by atoms with Crippen LogP contribution in [0.5, 0.6) is 5.75 Å². The number of nitriles is 1. The van der Waals surface area contributed by atoms with Gasteiger partial charge in [-0.2, -0.15) is 5.26 Å². The van der Waals surface area contributed by atoms with Gasteiger partial charge < -0.3 is 9.47 Å². The molecule has 0 atom stereocenters. The summed E-state index contributed by atoms with van der Waals surface area (Å²) in [6.45, 7) is 3.16. The van der Waals surface area contributed by atoms with Crippen molar-refractivity contribution in [1.29, 1.82) is 5.26 Å². The van der Waals surface area contributed by atoms with Crippen LogP contribution in [-0.2, 0) is 20.9 Å². The number of imide groups is 1. The topological polar surface area (TPSA) is 96.7 Å². The maximum Gasteiger partial charge on any atom is 0.326 e. The first kappa shape index (κ1) is 25.0. The third-order valence-corrected chi connectivity index (χ3v) is 6.44. The lowest BCUT2D eigenvalue weighted by molar-refractivity contribution is -0.149. The quantitative estimate of drug-likeness (QED) is 0.302. The molecule has 1 saturated heterocycles. The van der Waals surface area contributed by atoms with E-state index in [9.17, 15) is 19.6 Å². The lowest BCUT2D eigenvalue weighted by Crippen LogP contribution is -2.35. The molecule has 33 heavy (non-hydrogen) atoms. The number of hydrogen-bond acceptors (Lipinski definition) is 7. The van der Waals surface area contributed by atoms with Gasteiger partial charge in [0.25, 0.3) is 11.1 Å². The van der Waals surface area contributed by atoms with Gasteiger partial charge in [-0.3, -0.25) is 19.3 Å². The molecule has 1 fully saturated rings. The second-order valence-corrected chi connectivity index (χ2v) is 9.88. The fourth-order valence-electron chi connectivity index (χ4n) is 2.92. The Labute approximate surface area is 212 Å². The molecule has 0 unspecified atom stereocenters. The van der Waals surface area contributed by atoms with Gasteiger partial charge in [0, 0.05) is 5.56 Å². The van der Waals surface area contributed by atoms with Crippen LogP contribution in [0.4, 0.5) is 4.79 Å². The van der Waals surface area contributed by atoms with Crippen LogP contribution < -0.4 is 4.74 Å². The minimum atomic E-state index is -0.640. The Morgan fingerprint density at radius 3 is 2.52 bits per heavy atom. The molecule has 0 radical (unpaired) electrons. The number of carbonyl (C=O) groups is 3. The zero-order valence-electron chi connectivity index (χ0n) is 17.6. The van der Waals surface area contributed by atoms with E-state index < -0.39 is 23.7 Å². The highest BCUT2D eigenvalue weighted by Crippen LogP contribution is 2.38. The van der Waals surface area contributed by atoms with Crippen molar-refractivity contribution in [2.45, 2.75) is 26.6 Å². The van der Waals surface area contributed by atoms with Crippen molar-refractivity contribution in [3.8, 4) is 11.8 Å². The van der Waals surface area contributed by atoms with E-state index in [2.05, 4.69) is 37.9 Å². The molecule has 0 spiro atoms. The number of amides is 2. The van der Waals surface area contributed by atoms with Crippen LogP contribution in [0, 0.1) is 11.3 Å². The van der Waals surface area contributed by atoms with E-state index in [4.69, 9.17) is 9.47 Å². The van der Waals surface area contributed by atoms with E-state index in [0.717, 1.165) is 22.2 Å². The molecule has 170 valence electrons. The number of rotatable bonds is 7. The van der Waals surface area contributed by atoms with Gasteiger partial charge in [0.05, 0.1) is 31.6 Å². The Balaban J connectivity index is 1.75. The first-order chi connectivity index (χ1) is 15.7. The molecule has 7 nitrogen and oxygen atoms in total. The highest BCUT2D eigenvalue weighted by Gasteiger charge is 2.36. The van der Waals surface area contributed by atoms with Crippen molar-refractivity contribution in [2.75, 3.05) is 6.54 Å². The number of esters is 1. The molecule has 3 rings (SSSR count). The monoisotopic (exact) mass is 592 g/mol. The summed E-state index contributed by atoms with van der Waals surface area (Å²) in [7, 11) is 0. The highest BCUT2D eigenvalue weighted by atomic mass is 79.9. The zero-order valence-corrected chi connectivity index (χ0v) is 21.6. The first-order valence-corrected chi connectivity index (χ1v) is 12.1. The van der Waals surface area contributed by atoms with Crippen LogP contribution in [0.1, 0.15) is 30.5 Å². The second kappa shape index (κ2) is 11.0. The average molecular weight is 594 g/mol. The predicted octanol–water partition coefficient (Wildman–Crippen LogP) is 5.65. The van der Waals surface area contributed by atoms with Crippen molar-refractivity contribution in [3.63, 3.8) is 0 Å². The number of benzene rings is 2. The number of halogens is 2. The SMILES string of the molecule is CC(C)OC(=O)CN1C(=O)S/C(=C/c2cc(Br)c(OCc3ccccc3C#N)c(Br)c2)C1=O. The van der Waals surface area contributed by atoms with Crippen molar-refractivity contribution in [1.82, 2.24) is 4.90 Å². The van der Waals surface area contributed by atoms with Gasteiger partial charge in [0.2, 0.25) is 0 Å². The Kier molecular flexibility index (Phi) is 8.35. The molecule has 0 aromatic heterocycles. The smallest absolute Gasteiger partial charge is 0.326 e. The Morgan fingerprint density at radius 2 is 1.88 bits per heavy atom. The number of ether oxygens (including phenoxy) is 2. The van der Waals surface area contributed by atoms with Crippen LogP contribution in [0.2, 0.25) is 0 Å². The Bertz CT molecular complexity index is 1170. The van der Waals surface area contributed by atoms with Crippen molar-refractivity contribution < 1.29 is 23.9 Å². The number of hydrogen-bond donors (Lipinski definition) is 0. The fourth-order valence-corrected chi connectivity index (χ4v) is 5.21. The summed E-state index contributed by atoms with van der Waals surface area (Å²) < 4.78 is 12.2. The van der Waals surface area contributed by atoms with Gasteiger partial charge in [-0.1, -0.05) is 18.2 Å². The van der Waals surface area contributed by atoms with Gasteiger partial charge in [0.1, 0.15) is 18.9 Å². The minimum Gasteiger partial charge on any atom is -0.486 e. The first-order valence-electron chi connectivity index (χ1n) is 9.74. The van der Waals surface area contributed by atoms with Crippen LogP contribution in [-0.4, -0.2) is 34.7 Å². The molecule has 2 aromatic rings. The van der Waals surface area contributed by atoms with Gasteiger partial charge in [-0.05, 0) is 87.3 Å². The van der Waals surface area contributed by atoms with Crippen molar-refractivity contribution in [2.24, 2.45) is 0 Å². The van der Waals surface area contributed by atoms with Gasteiger partial charge in [-0.25, -0.2) is 0 Å². The normalized spacial score (nSPS) is 14.7. The van der Waals surface area contributed by atoms with E-state index in [1.165, 1.54) is 0 Å². The Morgan fingerprint density at radius 1 is 1.21 bits per heavy atom. The standard InChI is InChI=1S/C23H18Br2N2O5S/c1-13(2)32-20(28)11-27-22(29)19(33-23(27)30)9-14-7-17(24)21(18(25)8-14)31-12-16-6-4-3-5-15(16)10-26/h3-9,13H,11-12H2,1-2H3/b19-9+. The zero-order chi connectivity index (χ0) is 24.1. The molecular formula is C23H18Br2N2O5S. The number of nitrogens with zero attached hydrogens (tertiary/aromatic N) is 2. The molecule has 0 N–H and O–H groups in total. The van der Waals surface area contributed by atoms with E-state index in [1.807, 2.05) is 12.1 Å². The summed E-state index contributed by atoms with van der Waals surface area (Å²) in [5, 5.41) is 8.70. The van der Waals surface area contributed by atoms with Gasteiger partial charge >= 0.3 is 5.97 Å². The fraction of sp³-hybridized carbons (Fsp3) is 0.217. The van der Waals surface area contributed by atoms with E-state index in [-0.39, 0.29) is 17.6 Å². The summed E-state index contributed by atoms with van der Waals surface area (Å²) in [5.41, 5.74) is 1.94. The van der Waals surface area contributed by atoms with Crippen molar-refractivity contribution in [3.05, 3.63) is 66.9 Å². The second-order valence-electron chi connectivity index (χ2n) is 7.18. The number of thioether (sulfide) groups is 1. The molecular weight excluding hydrogens is 576 g/mol. The molecule has 0 saturated carbocycles. The lowest BCUT2D eigenvalue weighted by Gasteiger charge is -2.13. The van der Waals surface area contributed by atoms with Crippen LogP contribution in [0.3, 0.4) is 0 Å². The average Bonchev–Trinajstić information content (AvgIpc) is 3.00. The summed E-state index contributed by atoms with van der Waals surface area (Å²) in [4.78, 5) is 37.8. The molecule has 1 heterocycles. The predicted molar refractivity (Wildman–Crippen MR) is 131 cm³/mol. The van der Waals surface area contributed by atoms with Crippen LogP contribution in [0.15, 0.2) is 50.2 Å². The molecule has 0 aliphatic carbocycles.